The molecule has 0 aliphatic carbocycles. The van der Waals surface area contributed by atoms with Crippen LogP contribution >= 0.6 is 0 Å². The molecule has 0 rings (SSSR count). The van der Waals surface area contributed by atoms with Gasteiger partial charge in [0.15, 0.2) is 0 Å². The van der Waals surface area contributed by atoms with Gasteiger partial charge in [0, 0.05) is 0 Å². The second kappa shape index (κ2) is 16.6. The van der Waals surface area contributed by atoms with E-state index in [1.807, 2.05) is 41.5 Å². The Balaban J connectivity index is 3.96. The summed E-state index contributed by atoms with van der Waals surface area (Å²) in [5, 5.41) is 0. The van der Waals surface area contributed by atoms with Crippen LogP contribution in [0.4, 0.5) is 0 Å². The molecule has 0 bridgehead atoms. The van der Waals surface area contributed by atoms with Crippen LogP contribution in [0, 0.1) is 5.92 Å². The van der Waals surface area contributed by atoms with Crippen LogP contribution in [0.3, 0.4) is 0 Å². The molecule has 192 valence electrons. The van der Waals surface area contributed by atoms with Gasteiger partial charge in [0.2, 0.25) is 0 Å². The molecule has 0 aromatic rings. The minimum atomic E-state index is -5.10. The molecule has 0 aliphatic heterocycles. The molecular weight excluding hydrogens is 436 g/mol. The Labute approximate surface area is 202 Å². The zero-order valence-electron chi connectivity index (χ0n) is 22.8. The number of unbranched alkanes of at least 4 members (excludes halogenated alkanes) is 11. The van der Waals surface area contributed by atoms with Crippen LogP contribution in [0.15, 0.2) is 0 Å². The first-order chi connectivity index (χ1) is 14.9. The first kappa shape index (κ1) is 31.9. The van der Waals surface area contributed by atoms with Gasteiger partial charge in [-0.15, -0.1) is 0 Å². The second-order valence-electron chi connectivity index (χ2n) is 11.2. The van der Waals surface area contributed by atoms with Crippen LogP contribution in [0.1, 0.15) is 145 Å². The fraction of sp³-hybridized carbons (Fsp3) is 0.963. The van der Waals surface area contributed by atoms with Crippen molar-refractivity contribution in [3.05, 3.63) is 0 Å². The van der Waals surface area contributed by atoms with Crippen LogP contribution < -0.4 is 0 Å². The Kier molecular flexibility index (Phi) is 16.5. The molecule has 0 saturated carbocycles. The molecule has 32 heavy (non-hydrogen) atoms. The fourth-order valence-corrected chi connectivity index (χ4v) is 10.6. The summed E-state index contributed by atoms with van der Waals surface area (Å²) in [6.45, 7) is 15.7. The molecule has 0 aromatic heterocycles. The molecule has 0 saturated heterocycles. The average molecular weight is 493 g/mol. The zero-order chi connectivity index (χ0) is 24.6. The van der Waals surface area contributed by atoms with Gasteiger partial charge in [-0.25, -0.2) is 0 Å². The number of hydrogen-bond donors (Lipinski definition) is 0. The monoisotopic (exact) mass is 492 g/mol. The first-order valence-corrected chi connectivity index (χ1v) is 17.4. The van der Waals surface area contributed by atoms with Crippen molar-refractivity contribution in [1.29, 1.82) is 0 Å². The van der Waals surface area contributed by atoms with E-state index in [9.17, 15) is 8.12 Å². The number of hydrogen-bond acceptors (Lipinski definition) is 4. The summed E-state index contributed by atoms with van der Waals surface area (Å²) in [5.41, 5.74) is 0. The van der Waals surface area contributed by atoms with Crippen molar-refractivity contribution in [2.24, 2.45) is 5.92 Å². The van der Waals surface area contributed by atoms with Gasteiger partial charge >= 0.3 is 157 Å². The van der Waals surface area contributed by atoms with Crippen molar-refractivity contribution in [1.82, 2.24) is 0 Å². The van der Waals surface area contributed by atoms with Gasteiger partial charge in [0.25, 0.3) is 0 Å². The molecule has 0 unspecified atom stereocenters. The number of rotatable bonds is 20. The number of carbonyl (C=O) groups is 1. The molecule has 4 nitrogen and oxygen atoms in total. The summed E-state index contributed by atoms with van der Waals surface area (Å²) in [6.07, 6.45) is 16.6. The van der Waals surface area contributed by atoms with E-state index in [0.29, 0.717) is 6.42 Å². The molecule has 0 aliphatic rings. The van der Waals surface area contributed by atoms with E-state index in [0.717, 1.165) is 25.2 Å². The predicted molar refractivity (Wildman–Crippen MR) is 133 cm³/mol. The van der Waals surface area contributed by atoms with E-state index in [1.54, 1.807) is 0 Å². The molecule has 5 heteroatoms. The summed E-state index contributed by atoms with van der Waals surface area (Å²) in [5.74, 6) is 0.493. The molecule has 0 amide bonds. The van der Waals surface area contributed by atoms with Gasteiger partial charge < -0.3 is 0 Å². The molecule has 0 atom stereocenters. The van der Waals surface area contributed by atoms with Crippen LogP contribution in [0.25, 0.3) is 0 Å². The van der Waals surface area contributed by atoms with Gasteiger partial charge in [-0.05, 0) is 5.92 Å². The van der Waals surface area contributed by atoms with Crippen LogP contribution in [-0.2, 0) is 30.8 Å². The van der Waals surface area contributed by atoms with Gasteiger partial charge in [0.05, 0.1) is 0 Å². The topological polar surface area (TPSA) is 52.6 Å². The second-order valence-corrected chi connectivity index (χ2v) is 19.1. The molecule has 0 heterocycles. The zero-order valence-corrected chi connectivity index (χ0v) is 24.4. The van der Waals surface area contributed by atoms with Crippen molar-refractivity contribution in [2.75, 3.05) is 0 Å². The minimum absolute atomic E-state index is 0.230. The normalized spacial score (nSPS) is 13.0. The van der Waals surface area contributed by atoms with E-state index >= 15 is 0 Å². The van der Waals surface area contributed by atoms with Crippen molar-refractivity contribution in [2.45, 2.75) is 160 Å². The van der Waals surface area contributed by atoms with Gasteiger partial charge in [-0.3, -0.25) is 0 Å². The first-order valence-electron chi connectivity index (χ1n) is 13.7. The maximum absolute atomic E-state index is 14.0. The molecule has 0 spiro atoms. The standard InChI is InChI=1S/C18H36O2.C3H7O.2C3H7.O.Ti/c1-17(2)15-13-11-9-7-5-3-4-6-8-10-12-14-16-18(19)20;1-3(2)4;2*1-3-2;;/h17H,3-16H2,1-2H3,(H,19,20);3H,1-2H3;2*3H,1-2H3;;/q;-1;;;;+2/p-1. The SMILES string of the molecule is CC(C)CCCCCCCCCCCCCCC(=O)[O][Ti](=[O])([O]C(C)C)([CH](C)C)[CH](C)C. The Morgan fingerprint density at radius 3 is 1.34 bits per heavy atom. The van der Waals surface area contributed by atoms with Crippen LogP contribution in [-0.4, -0.2) is 12.1 Å². The van der Waals surface area contributed by atoms with Crippen LogP contribution in [0.5, 0.6) is 0 Å². The summed E-state index contributed by atoms with van der Waals surface area (Å²) in [6, 6.07) is 0. The van der Waals surface area contributed by atoms with E-state index in [1.165, 1.54) is 64.2 Å². The van der Waals surface area contributed by atoms with Gasteiger partial charge in [0.1, 0.15) is 0 Å². The third-order valence-electron chi connectivity index (χ3n) is 6.78. The Hall–Kier alpha value is -0.0557. The van der Waals surface area contributed by atoms with Crippen molar-refractivity contribution in [3.63, 3.8) is 0 Å². The Morgan fingerprint density at radius 1 is 0.625 bits per heavy atom. The van der Waals surface area contributed by atoms with Crippen molar-refractivity contribution < 1.29 is 30.8 Å². The van der Waals surface area contributed by atoms with Crippen molar-refractivity contribution >= 4 is 5.97 Å². The van der Waals surface area contributed by atoms with Gasteiger partial charge in [-0.1, -0.05) is 39.5 Å². The van der Waals surface area contributed by atoms with Gasteiger partial charge in [-0.2, -0.15) is 0 Å². The summed E-state index contributed by atoms with van der Waals surface area (Å²) in [4.78, 5) is 12.5. The summed E-state index contributed by atoms with van der Waals surface area (Å²) >= 11 is -5.10. The fourth-order valence-electron chi connectivity index (χ4n) is 4.53. The maximum atomic E-state index is 14.0. The molecule has 0 radical (unpaired) electrons. The van der Waals surface area contributed by atoms with Crippen LogP contribution in [0.2, 0.25) is 8.45 Å². The molecular formula is C27H56O4Ti. The Bertz CT molecular complexity index is 540. The quantitative estimate of drug-likeness (QED) is 0.125. The molecule has 0 N–H and O–H groups in total. The predicted octanol–water partition coefficient (Wildman–Crippen LogP) is 9.59. The average Bonchev–Trinajstić information content (AvgIpc) is 2.67. The van der Waals surface area contributed by atoms with E-state index in [-0.39, 0.29) is 20.5 Å². The van der Waals surface area contributed by atoms with E-state index in [4.69, 9.17) is 6.64 Å². The third-order valence-corrected chi connectivity index (χ3v) is 15.7. The number of carbonyl (C=O) groups excluding carboxylic acids is 1. The molecule has 0 aromatic carbocycles. The van der Waals surface area contributed by atoms with E-state index in [2.05, 4.69) is 13.8 Å². The summed E-state index contributed by atoms with van der Waals surface area (Å²) in [7, 11) is 0. The molecule has 0 fully saturated rings. The van der Waals surface area contributed by atoms with Crippen molar-refractivity contribution in [3.8, 4) is 0 Å². The summed E-state index contributed by atoms with van der Waals surface area (Å²) < 4.78 is 25.1. The van der Waals surface area contributed by atoms with E-state index < -0.39 is 16.1 Å². The third kappa shape index (κ3) is 12.4. The Morgan fingerprint density at radius 2 is 1.00 bits per heavy atom.